The average molecular weight is 560 g/mol. The molecule has 10 heteroatoms. The molecular weight excluding hydrogens is 529 g/mol. The molecule has 0 fully saturated rings. The van der Waals surface area contributed by atoms with Crippen LogP contribution in [-0.4, -0.2) is 40.7 Å². The van der Waals surface area contributed by atoms with Crippen LogP contribution in [0.25, 0.3) is 22.4 Å². The number of rotatable bonds is 9. The van der Waals surface area contributed by atoms with E-state index in [9.17, 15) is 19.1 Å². The SMILES string of the molecule is COc1cc(C(=O)CC[C@](C)(O)c2cc3c(c(-c4ccc(F)cc4)n2)OC[C@]3(C)C(N)=O)ccc1-c1conc1C. The standard InChI is InChI=1S/C31H30FN3O6/c1-17-22(15-41-35-17)21-10-7-19(13-25(21)39-4)24(36)11-12-31(3,38)26-14-23-28(40-16-30(23,2)29(33)37)27(34-26)18-5-8-20(32)9-6-18/h5-10,13-15,38H,11-12,16H2,1-4H3,(H2,33,37)/t30-,31-/m0/s1. The zero-order valence-corrected chi connectivity index (χ0v) is 23.2. The molecule has 0 unspecified atom stereocenters. The van der Waals surface area contributed by atoms with E-state index in [2.05, 4.69) is 10.1 Å². The topological polar surface area (TPSA) is 138 Å². The molecule has 1 aliphatic rings. The molecule has 4 aromatic rings. The number of methoxy groups -OCH3 is 1. The lowest BCUT2D eigenvalue weighted by Gasteiger charge is -2.26. The number of primary amides is 1. The number of nitrogens with two attached hydrogens (primary N) is 1. The Morgan fingerprint density at radius 3 is 2.54 bits per heavy atom. The first-order valence-electron chi connectivity index (χ1n) is 13.0. The summed E-state index contributed by atoms with van der Waals surface area (Å²) in [6.45, 7) is 5.03. The number of benzene rings is 2. The monoisotopic (exact) mass is 559 g/mol. The van der Waals surface area contributed by atoms with Gasteiger partial charge in [-0.2, -0.15) is 0 Å². The van der Waals surface area contributed by atoms with E-state index in [4.69, 9.17) is 19.7 Å². The van der Waals surface area contributed by atoms with E-state index in [0.717, 1.165) is 11.1 Å². The minimum absolute atomic E-state index is 0.00383. The first-order valence-corrected chi connectivity index (χ1v) is 13.0. The van der Waals surface area contributed by atoms with E-state index in [1.165, 1.54) is 25.5 Å². The zero-order valence-electron chi connectivity index (χ0n) is 23.2. The van der Waals surface area contributed by atoms with Crippen molar-refractivity contribution < 1.29 is 33.1 Å². The quantitative estimate of drug-likeness (QED) is 0.277. The summed E-state index contributed by atoms with van der Waals surface area (Å²) in [5.74, 6) is -0.377. The molecule has 2 atom stereocenters. The summed E-state index contributed by atoms with van der Waals surface area (Å²) in [6.07, 6.45) is 1.55. The molecule has 0 bridgehead atoms. The molecule has 41 heavy (non-hydrogen) atoms. The number of aliphatic hydroxyl groups is 1. The van der Waals surface area contributed by atoms with Gasteiger partial charge in [0.25, 0.3) is 0 Å². The van der Waals surface area contributed by atoms with Gasteiger partial charge < -0.3 is 24.8 Å². The zero-order chi connectivity index (χ0) is 29.5. The van der Waals surface area contributed by atoms with E-state index in [1.807, 2.05) is 6.92 Å². The van der Waals surface area contributed by atoms with Gasteiger partial charge in [-0.25, -0.2) is 9.37 Å². The molecule has 0 saturated carbocycles. The van der Waals surface area contributed by atoms with Crippen molar-refractivity contribution in [1.82, 2.24) is 10.1 Å². The first-order chi connectivity index (χ1) is 19.4. The van der Waals surface area contributed by atoms with Crippen molar-refractivity contribution in [2.24, 2.45) is 5.73 Å². The van der Waals surface area contributed by atoms with Gasteiger partial charge in [-0.1, -0.05) is 11.2 Å². The van der Waals surface area contributed by atoms with Gasteiger partial charge in [-0.15, -0.1) is 0 Å². The highest BCUT2D eigenvalue weighted by Crippen LogP contribution is 2.46. The van der Waals surface area contributed by atoms with Crippen LogP contribution in [0.15, 0.2) is 59.3 Å². The summed E-state index contributed by atoms with van der Waals surface area (Å²) >= 11 is 0. The summed E-state index contributed by atoms with van der Waals surface area (Å²) in [7, 11) is 1.52. The van der Waals surface area contributed by atoms with Gasteiger partial charge >= 0.3 is 0 Å². The predicted molar refractivity (Wildman–Crippen MR) is 148 cm³/mol. The second-order valence-corrected chi connectivity index (χ2v) is 10.7. The maximum absolute atomic E-state index is 13.6. The summed E-state index contributed by atoms with van der Waals surface area (Å²) in [6, 6.07) is 12.4. The Morgan fingerprint density at radius 2 is 1.90 bits per heavy atom. The molecule has 0 aliphatic carbocycles. The number of hydrogen-bond acceptors (Lipinski definition) is 8. The molecule has 2 aromatic heterocycles. The normalized spacial score (nSPS) is 17.4. The van der Waals surface area contributed by atoms with Crippen LogP contribution in [0.3, 0.4) is 0 Å². The van der Waals surface area contributed by atoms with E-state index in [1.54, 1.807) is 50.2 Å². The van der Waals surface area contributed by atoms with Gasteiger partial charge in [0.2, 0.25) is 5.91 Å². The maximum atomic E-state index is 13.6. The average Bonchev–Trinajstić information content (AvgIpc) is 3.55. The number of Topliss-reactive ketones (excluding diaryl/α,β-unsaturated/α-hetero) is 1. The minimum atomic E-state index is -1.57. The highest BCUT2D eigenvalue weighted by molar-refractivity contribution is 5.97. The lowest BCUT2D eigenvalue weighted by molar-refractivity contribution is -0.123. The second-order valence-electron chi connectivity index (χ2n) is 10.7. The molecular formula is C31H30FN3O6. The molecule has 2 aromatic carbocycles. The summed E-state index contributed by atoms with van der Waals surface area (Å²) < 4.78 is 30.1. The fourth-order valence-electron chi connectivity index (χ4n) is 4.93. The molecule has 0 radical (unpaired) electrons. The Kier molecular flexibility index (Phi) is 7.12. The maximum Gasteiger partial charge on any atom is 0.231 e. The lowest BCUT2D eigenvalue weighted by Crippen LogP contribution is -2.40. The summed E-state index contributed by atoms with van der Waals surface area (Å²) in [5.41, 5.74) is 7.22. The van der Waals surface area contributed by atoms with Crippen LogP contribution in [0, 0.1) is 12.7 Å². The largest absolute Gasteiger partial charge is 0.496 e. The number of aryl methyl sites for hydroxylation is 1. The van der Waals surface area contributed by atoms with Gasteiger partial charge in [0, 0.05) is 34.2 Å². The Hall–Kier alpha value is -4.57. The molecule has 3 heterocycles. The molecule has 0 saturated heterocycles. The molecule has 9 nitrogen and oxygen atoms in total. The van der Waals surface area contributed by atoms with Crippen molar-refractivity contribution >= 4 is 11.7 Å². The van der Waals surface area contributed by atoms with E-state index >= 15 is 0 Å². The van der Waals surface area contributed by atoms with E-state index < -0.39 is 22.7 Å². The van der Waals surface area contributed by atoms with Crippen molar-refractivity contribution in [1.29, 1.82) is 0 Å². The molecule has 212 valence electrons. The molecule has 1 aliphatic heterocycles. The van der Waals surface area contributed by atoms with Gasteiger partial charge in [0.1, 0.15) is 46.9 Å². The first kappa shape index (κ1) is 28.0. The number of hydrogen-bond donors (Lipinski definition) is 2. The molecule has 3 N–H and O–H groups in total. The van der Waals surface area contributed by atoms with Crippen LogP contribution in [0.4, 0.5) is 4.39 Å². The number of carbonyl (C=O) groups excluding carboxylic acids is 2. The van der Waals surface area contributed by atoms with Crippen LogP contribution in [0.1, 0.15) is 54.0 Å². The number of nitrogens with zero attached hydrogens (tertiary/aromatic N) is 2. The van der Waals surface area contributed by atoms with Crippen LogP contribution in [-0.2, 0) is 15.8 Å². The minimum Gasteiger partial charge on any atom is -0.496 e. The lowest BCUT2D eigenvalue weighted by atomic mass is 9.81. The van der Waals surface area contributed by atoms with E-state index in [-0.39, 0.29) is 30.9 Å². The number of amides is 1. The number of fused-ring (bicyclic) bond motifs is 1. The third-order valence-corrected chi connectivity index (χ3v) is 7.69. The van der Waals surface area contributed by atoms with E-state index in [0.29, 0.717) is 39.6 Å². The Bertz CT molecular complexity index is 1650. The highest BCUT2D eigenvalue weighted by atomic mass is 19.1. The van der Waals surface area contributed by atoms with Gasteiger partial charge in [0.15, 0.2) is 5.78 Å². The third-order valence-electron chi connectivity index (χ3n) is 7.69. The summed E-state index contributed by atoms with van der Waals surface area (Å²) in [4.78, 5) is 30.3. The second kappa shape index (κ2) is 10.4. The van der Waals surface area contributed by atoms with Gasteiger partial charge in [-0.05, 0) is 69.7 Å². The molecule has 5 rings (SSSR count). The fraction of sp³-hybridized carbons (Fsp3) is 0.290. The van der Waals surface area contributed by atoms with Crippen molar-refractivity contribution in [3.05, 3.63) is 83.1 Å². The number of ketones is 1. The Morgan fingerprint density at radius 1 is 1.17 bits per heavy atom. The Labute approximate surface area is 236 Å². The van der Waals surface area contributed by atoms with Crippen molar-refractivity contribution in [3.8, 4) is 33.9 Å². The molecule has 0 spiro atoms. The predicted octanol–water partition coefficient (Wildman–Crippen LogP) is 4.87. The van der Waals surface area contributed by atoms with Crippen molar-refractivity contribution in [3.63, 3.8) is 0 Å². The molecule has 1 amide bonds. The third kappa shape index (κ3) is 5.06. The van der Waals surface area contributed by atoms with Gasteiger partial charge in [0.05, 0.1) is 18.5 Å². The van der Waals surface area contributed by atoms with Crippen LogP contribution >= 0.6 is 0 Å². The highest BCUT2D eigenvalue weighted by Gasteiger charge is 2.45. The van der Waals surface area contributed by atoms with Crippen LogP contribution < -0.4 is 15.2 Å². The fourth-order valence-corrected chi connectivity index (χ4v) is 4.93. The number of carbonyl (C=O) groups is 2. The Balaban J connectivity index is 1.45. The summed E-state index contributed by atoms with van der Waals surface area (Å²) in [5, 5.41) is 15.5. The smallest absolute Gasteiger partial charge is 0.231 e. The number of aromatic nitrogens is 2. The van der Waals surface area contributed by atoms with Crippen LogP contribution in [0.2, 0.25) is 0 Å². The van der Waals surface area contributed by atoms with Crippen molar-refractivity contribution in [2.75, 3.05) is 13.7 Å². The number of ether oxygens (including phenoxy) is 2. The number of halogens is 1. The van der Waals surface area contributed by atoms with Crippen LogP contribution in [0.5, 0.6) is 11.5 Å². The van der Waals surface area contributed by atoms with Gasteiger partial charge in [-0.3, -0.25) is 9.59 Å². The van der Waals surface area contributed by atoms with Crippen molar-refractivity contribution in [2.45, 2.75) is 44.6 Å². The number of pyridine rings is 1.